The summed E-state index contributed by atoms with van der Waals surface area (Å²) in [7, 11) is 0. The Morgan fingerprint density at radius 2 is 2.08 bits per heavy atom. The van der Waals surface area contributed by atoms with Gasteiger partial charge in [-0.1, -0.05) is 19.1 Å². The number of aliphatic hydroxyl groups excluding tert-OH is 1. The lowest BCUT2D eigenvalue weighted by Crippen LogP contribution is -2.37. The van der Waals surface area contributed by atoms with Crippen molar-refractivity contribution in [3.63, 3.8) is 0 Å². The molecule has 0 aliphatic carbocycles. The summed E-state index contributed by atoms with van der Waals surface area (Å²) in [6.45, 7) is 2.63. The van der Waals surface area contributed by atoms with E-state index < -0.39 is 5.82 Å². The van der Waals surface area contributed by atoms with Gasteiger partial charge >= 0.3 is 6.03 Å². The molecule has 0 aliphatic heterocycles. The van der Waals surface area contributed by atoms with Gasteiger partial charge in [0.2, 0.25) is 0 Å². The third-order valence-corrected chi connectivity index (χ3v) is 4.97. The molecule has 0 atom stereocenters. The number of hydrogen-bond donors (Lipinski definition) is 2. The maximum atomic E-state index is 13.8. The van der Waals surface area contributed by atoms with E-state index >= 15 is 0 Å². The van der Waals surface area contributed by atoms with Crippen LogP contribution in [0.5, 0.6) is 0 Å². The Balaban J connectivity index is 1.94. The van der Waals surface area contributed by atoms with Gasteiger partial charge in [0.05, 0.1) is 22.5 Å². The first-order valence-electron chi connectivity index (χ1n) is 8.44. The number of rotatable bonds is 6. The summed E-state index contributed by atoms with van der Waals surface area (Å²) in [5, 5.41) is 12.6. The van der Waals surface area contributed by atoms with Crippen molar-refractivity contribution in [1.29, 1.82) is 0 Å². The largest absolute Gasteiger partial charge is 0.395 e. The Morgan fingerprint density at radius 1 is 1.27 bits per heavy atom. The van der Waals surface area contributed by atoms with Gasteiger partial charge in [0.25, 0.3) is 0 Å². The van der Waals surface area contributed by atoms with Gasteiger partial charge in [0.15, 0.2) is 0 Å². The molecule has 136 valence electrons. The molecule has 0 bridgehead atoms. The number of carbonyl (C=O) groups is 1. The average Bonchev–Trinajstić information content (AvgIpc) is 3.07. The van der Waals surface area contributed by atoms with Gasteiger partial charge in [0, 0.05) is 18.7 Å². The van der Waals surface area contributed by atoms with Gasteiger partial charge in [-0.3, -0.25) is 0 Å². The van der Waals surface area contributed by atoms with E-state index in [0.29, 0.717) is 22.8 Å². The number of para-hydroxylation sites is 1. The number of hydrogen-bond acceptors (Lipinski definition) is 4. The number of nitrogens with zero attached hydrogens (tertiary/aromatic N) is 2. The number of carbonyl (C=O) groups excluding carboxylic acids is 1. The Hall–Kier alpha value is -2.51. The first-order valence-corrected chi connectivity index (χ1v) is 9.26. The minimum atomic E-state index is -0.391. The van der Waals surface area contributed by atoms with E-state index in [0.717, 1.165) is 16.6 Å². The molecular formula is C19H20FN3O2S. The topological polar surface area (TPSA) is 65.5 Å². The maximum Gasteiger partial charge on any atom is 0.321 e. The highest BCUT2D eigenvalue weighted by Crippen LogP contribution is 2.35. The van der Waals surface area contributed by atoms with Crippen molar-refractivity contribution in [2.24, 2.45) is 0 Å². The number of fused-ring (bicyclic) bond motifs is 1. The molecule has 26 heavy (non-hydrogen) atoms. The highest BCUT2D eigenvalue weighted by molar-refractivity contribution is 7.21. The van der Waals surface area contributed by atoms with E-state index in [1.54, 1.807) is 0 Å². The summed E-state index contributed by atoms with van der Waals surface area (Å²) >= 11 is 1.45. The number of benzene rings is 2. The van der Waals surface area contributed by atoms with Crippen LogP contribution in [0.15, 0.2) is 42.5 Å². The molecular weight excluding hydrogens is 353 g/mol. The first kappa shape index (κ1) is 18.3. The second kappa shape index (κ2) is 8.25. The molecule has 1 aromatic heterocycles. The molecule has 0 saturated carbocycles. The molecule has 3 rings (SSSR count). The zero-order chi connectivity index (χ0) is 18.5. The van der Waals surface area contributed by atoms with Gasteiger partial charge in [-0.25, -0.2) is 14.2 Å². The van der Waals surface area contributed by atoms with Crippen LogP contribution in [0.1, 0.15) is 13.3 Å². The Bertz CT molecular complexity index is 874. The summed E-state index contributed by atoms with van der Waals surface area (Å²) in [5.74, 6) is -0.391. The zero-order valence-electron chi connectivity index (χ0n) is 14.4. The van der Waals surface area contributed by atoms with Crippen LogP contribution < -0.4 is 5.32 Å². The van der Waals surface area contributed by atoms with E-state index in [1.165, 1.54) is 34.4 Å². The van der Waals surface area contributed by atoms with Crippen LogP contribution in [0.3, 0.4) is 0 Å². The normalized spacial score (nSPS) is 10.9. The van der Waals surface area contributed by atoms with Gasteiger partial charge in [0.1, 0.15) is 10.8 Å². The molecule has 2 aromatic carbocycles. The van der Waals surface area contributed by atoms with E-state index in [4.69, 9.17) is 5.11 Å². The average molecular weight is 373 g/mol. The standard InChI is InChI=1S/C19H20FN3O2S/c1-2-9-23(10-11-24)19(25)22-15-8-7-13(20)12-14(15)18-21-16-5-3-4-6-17(16)26-18/h3-8,12,24H,2,9-11H2,1H3,(H,22,25). The monoisotopic (exact) mass is 373 g/mol. The van der Waals surface area contributed by atoms with Crippen LogP contribution in [0.2, 0.25) is 0 Å². The molecule has 0 aliphatic rings. The van der Waals surface area contributed by atoms with E-state index in [9.17, 15) is 9.18 Å². The van der Waals surface area contributed by atoms with Crippen molar-refractivity contribution >= 4 is 33.3 Å². The van der Waals surface area contributed by atoms with E-state index in [2.05, 4.69) is 10.3 Å². The molecule has 0 radical (unpaired) electrons. The maximum absolute atomic E-state index is 13.8. The minimum absolute atomic E-state index is 0.110. The highest BCUT2D eigenvalue weighted by atomic mass is 32.1. The molecule has 5 nitrogen and oxygen atoms in total. The second-order valence-electron chi connectivity index (χ2n) is 5.82. The number of aliphatic hydroxyl groups is 1. The fourth-order valence-electron chi connectivity index (χ4n) is 2.69. The molecule has 1 heterocycles. The Labute approximate surface area is 155 Å². The molecule has 2 amide bonds. The van der Waals surface area contributed by atoms with Crippen LogP contribution in [-0.2, 0) is 0 Å². The molecule has 0 spiro atoms. The highest BCUT2D eigenvalue weighted by Gasteiger charge is 2.17. The third-order valence-electron chi connectivity index (χ3n) is 3.90. The van der Waals surface area contributed by atoms with Gasteiger partial charge < -0.3 is 15.3 Å². The number of halogens is 1. The number of anilines is 1. The third kappa shape index (κ3) is 4.00. The number of amides is 2. The smallest absolute Gasteiger partial charge is 0.321 e. The number of aromatic nitrogens is 1. The summed E-state index contributed by atoms with van der Waals surface area (Å²) in [5.41, 5.74) is 1.87. The number of nitrogens with one attached hydrogen (secondary N) is 1. The lowest BCUT2D eigenvalue weighted by molar-refractivity contribution is 0.188. The van der Waals surface area contributed by atoms with Crippen molar-refractivity contribution in [2.45, 2.75) is 13.3 Å². The zero-order valence-corrected chi connectivity index (χ0v) is 15.2. The van der Waals surface area contributed by atoms with Crippen LogP contribution in [0.4, 0.5) is 14.9 Å². The fraction of sp³-hybridized carbons (Fsp3) is 0.263. The van der Waals surface area contributed by atoms with Crippen molar-refractivity contribution in [3.8, 4) is 10.6 Å². The van der Waals surface area contributed by atoms with Gasteiger partial charge in [-0.15, -0.1) is 11.3 Å². The molecule has 0 unspecified atom stereocenters. The fourth-order valence-corrected chi connectivity index (χ4v) is 3.69. The molecule has 0 saturated heterocycles. The van der Waals surface area contributed by atoms with Crippen LogP contribution >= 0.6 is 11.3 Å². The molecule has 2 N–H and O–H groups in total. The van der Waals surface area contributed by atoms with E-state index in [-0.39, 0.29) is 19.2 Å². The van der Waals surface area contributed by atoms with Crippen molar-refractivity contribution in [2.75, 3.05) is 25.0 Å². The van der Waals surface area contributed by atoms with Crippen molar-refractivity contribution in [1.82, 2.24) is 9.88 Å². The second-order valence-corrected chi connectivity index (χ2v) is 6.85. The lowest BCUT2D eigenvalue weighted by atomic mass is 10.2. The van der Waals surface area contributed by atoms with Gasteiger partial charge in [-0.2, -0.15) is 0 Å². The number of urea groups is 1. The summed E-state index contributed by atoms with van der Waals surface area (Å²) < 4.78 is 14.8. The predicted molar refractivity (Wildman–Crippen MR) is 103 cm³/mol. The summed E-state index contributed by atoms with van der Waals surface area (Å²) in [6.07, 6.45) is 0.779. The van der Waals surface area contributed by atoms with Crippen molar-refractivity contribution in [3.05, 3.63) is 48.3 Å². The SMILES string of the molecule is CCCN(CCO)C(=O)Nc1ccc(F)cc1-c1nc2ccccc2s1. The van der Waals surface area contributed by atoms with E-state index in [1.807, 2.05) is 31.2 Å². The molecule has 0 fully saturated rings. The van der Waals surface area contributed by atoms with Crippen molar-refractivity contribution < 1.29 is 14.3 Å². The molecule has 7 heteroatoms. The Morgan fingerprint density at radius 3 is 2.81 bits per heavy atom. The van der Waals surface area contributed by atoms with Crippen LogP contribution in [0.25, 0.3) is 20.8 Å². The van der Waals surface area contributed by atoms with Crippen LogP contribution in [0, 0.1) is 5.82 Å². The predicted octanol–water partition coefficient (Wildman–Crippen LogP) is 4.34. The molecule has 3 aromatic rings. The van der Waals surface area contributed by atoms with Gasteiger partial charge in [-0.05, 0) is 36.8 Å². The first-order chi connectivity index (χ1) is 12.6. The Kier molecular flexibility index (Phi) is 5.80. The summed E-state index contributed by atoms with van der Waals surface area (Å²) in [6, 6.07) is 11.6. The number of thiazole rings is 1. The minimum Gasteiger partial charge on any atom is -0.395 e. The van der Waals surface area contributed by atoms with Crippen LogP contribution in [-0.4, -0.2) is 40.7 Å². The lowest BCUT2D eigenvalue weighted by Gasteiger charge is -2.22. The summed E-state index contributed by atoms with van der Waals surface area (Å²) in [4.78, 5) is 18.6. The quantitative estimate of drug-likeness (QED) is 0.676.